The molecule has 0 saturated carbocycles. The summed E-state index contributed by atoms with van der Waals surface area (Å²) in [6.07, 6.45) is 1.73. The van der Waals surface area contributed by atoms with Crippen molar-refractivity contribution in [3.63, 3.8) is 0 Å². The van der Waals surface area contributed by atoms with Crippen molar-refractivity contribution >= 4 is 17.8 Å². The van der Waals surface area contributed by atoms with Crippen molar-refractivity contribution in [1.82, 2.24) is 15.5 Å². The van der Waals surface area contributed by atoms with Crippen molar-refractivity contribution < 1.29 is 19.1 Å². The van der Waals surface area contributed by atoms with Crippen molar-refractivity contribution in [1.29, 1.82) is 0 Å². The number of amides is 2. The van der Waals surface area contributed by atoms with Gasteiger partial charge >= 0.3 is 5.97 Å². The van der Waals surface area contributed by atoms with E-state index in [-0.39, 0.29) is 25.5 Å². The molecule has 2 amide bonds. The molecule has 0 aliphatic carbocycles. The van der Waals surface area contributed by atoms with Crippen molar-refractivity contribution in [3.05, 3.63) is 156 Å². The van der Waals surface area contributed by atoms with Crippen LogP contribution in [0.2, 0.25) is 0 Å². The summed E-state index contributed by atoms with van der Waals surface area (Å²) < 4.78 is 4.98. The largest absolute Gasteiger partial charge is 0.460 e. The van der Waals surface area contributed by atoms with Gasteiger partial charge in [-0.25, -0.2) is 0 Å². The number of carbonyl (C=O) groups excluding carboxylic acids is 3. The molecule has 0 bridgehead atoms. The lowest BCUT2D eigenvalue weighted by atomic mass is 9.76. The third-order valence-electron chi connectivity index (χ3n) is 7.61. The molecule has 7 heteroatoms. The Morgan fingerprint density at radius 3 is 1.79 bits per heavy atom. The van der Waals surface area contributed by atoms with E-state index in [0.29, 0.717) is 6.54 Å². The normalized spacial score (nSPS) is 16.4. The van der Waals surface area contributed by atoms with Gasteiger partial charge in [-0.1, -0.05) is 134 Å². The van der Waals surface area contributed by atoms with Gasteiger partial charge in [0.05, 0.1) is 5.54 Å². The van der Waals surface area contributed by atoms with Crippen molar-refractivity contribution in [2.45, 2.75) is 24.0 Å². The SMILES string of the molecule is C=CCOC(=O)CNC(=O)[C@H](Cc1ccccc1)NC(=O)[C@@H]1CN1C(c1ccccc1)(c1ccccc1)c1ccccc1. The first kappa shape index (κ1) is 29.5. The summed E-state index contributed by atoms with van der Waals surface area (Å²) in [6, 6.07) is 38.6. The Labute approximate surface area is 252 Å². The van der Waals surface area contributed by atoms with Crippen LogP contribution < -0.4 is 10.6 Å². The standard InChI is InChI=1S/C36H35N3O4/c1-2-23-43-33(40)25-37-34(41)31(24-27-15-7-3-8-16-27)38-35(42)32-26-39(32)36(28-17-9-4-10-18-28,29-19-11-5-12-20-29)30-21-13-6-14-22-30/h2-22,31-32H,1,23-26H2,(H,37,41)(H,38,42)/t31-,32-,39?/m0/s1. The quantitative estimate of drug-likeness (QED) is 0.108. The zero-order valence-electron chi connectivity index (χ0n) is 23.9. The van der Waals surface area contributed by atoms with E-state index >= 15 is 0 Å². The highest BCUT2D eigenvalue weighted by Crippen LogP contribution is 2.48. The molecule has 1 aliphatic rings. The van der Waals surface area contributed by atoms with Gasteiger partial charge in [-0.15, -0.1) is 0 Å². The molecule has 218 valence electrons. The minimum absolute atomic E-state index is 0.0579. The number of esters is 1. The van der Waals surface area contributed by atoms with Gasteiger partial charge in [-0.2, -0.15) is 0 Å². The maximum atomic E-state index is 13.9. The molecular formula is C36H35N3O4. The van der Waals surface area contributed by atoms with E-state index in [1.165, 1.54) is 6.08 Å². The average molecular weight is 574 g/mol. The minimum Gasteiger partial charge on any atom is -0.460 e. The Morgan fingerprint density at radius 1 is 0.814 bits per heavy atom. The van der Waals surface area contributed by atoms with Gasteiger partial charge in [-0.3, -0.25) is 19.3 Å². The molecule has 1 aliphatic heterocycles. The predicted molar refractivity (Wildman–Crippen MR) is 166 cm³/mol. The Balaban J connectivity index is 1.43. The lowest BCUT2D eigenvalue weighted by molar-refractivity contribution is -0.143. The van der Waals surface area contributed by atoms with Gasteiger partial charge in [0.25, 0.3) is 0 Å². The van der Waals surface area contributed by atoms with E-state index < -0.39 is 29.5 Å². The molecule has 0 aromatic heterocycles. The molecule has 2 N–H and O–H groups in total. The molecule has 1 fully saturated rings. The second-order valence-electron chi connectivity index (χ2n) is 10.4. The number of nitrogens with one attached hydrogen (secondary N) is 2. The van der Waals surface area contributed by atoms with E-state index in [1.807, 2.05) is 84.9 Å². The van der Waals surface area contributed by atoms with Gasteiger partial charge < -0.3 is 15.4 Å². The van der Waals surface area contributed by atoms with Crippen LogP contribution in [0.1, 0.15) is 22.3 Å². The number of benzene rings is 4. The van der Waals surface area contributed by atoms with Crippen molar-refractivity contribution in [3.8, 4) is 0 Å². The molecule has 4 aromatic rings. The fraction of sp³-hybridized carbons (Fsp3) is 0.194. The van der Waals surface area contributed by atoms with E-state index in [4.69, 9.17) is 4.74 Å². The van der Waals surface area contributed by atoms with Crippen molar-refractivity contribution in [2.75, 3.05) is 19.7 Å². The second kappa shape index (κ2) is 13.8. The first-order valence-electron chi connectivity index (χ1n) is 14.4. The lowest BCUT2D eigenvalue weighted by Gasteiger charge is -2.38. The number of nitrogens with zero attached hydrogens (tertiary/aromatic N) is 1. The van der Waals surface area contributed by atoms with Crippen LogP contribution in [0.15, 0.2) is 134 Å². The van der Waals surface area contributed by atoms with Crippen LogP contribution in [0, 0.1) is 0 Å². The van der Waals surface area contributed by atoms with Crippen LogP contribution in [-0.4, -0.2) is 54.5 Å². The lowest BCUT2D eigenvalue weighted by Crippen LogP contribution is -2.51. The Morgan fingerprint density at radius 2 is 1.30 bits per heavy atom. The summed E-state index contributed by atoms with van der Waals surface area (Å²) in [5.74, 6) is -1.29. The fourth-order valence-corrected chi connectivity index (χ4v) is 5.58. The fourth-order valence-electron chi connectivity index (χ4n) is 5.58. The summed E-state index contributed by atoms with van der Waals surface area (Å²) in [6.45, 7) is 3.78. The summed E-state index contributed by atoms with van der Waals surface area (Å²) in [7, 11) is 0. The third-order valence-corrected chi connectivity index (χ3v) is 7.61. The molecule has 3 atom stereocenters. The number of hydrogen-bond acceptors (Lipinski definition) is 5. The highest BCUT2D eigenvalue weighted by atomic mass is 16.5. The van der Waals surface area contributed by atoms with Gasteiger partial charge in [0.2, 0.25) is 11.8 Å². The van der Waals surface area contributed by atoms with Crippen LogP contribution in [0.4, 0.5) is 0 Å². The highest BCUT2D eigenvalue weighted by molar-refractivity contribution is 5.92. The molecular weight excluding hydrogens is 538 g/mol. The zero-order chi connectivity index (χ0) is 30.1. The Kier molecular flexibility index (Phi) is 9.44. The van der Waals surface area contributed by atoms with Gasteiger partial charge in [-0.05, 0) is 22.3 Å². The highest BCUT2D eigenvalue weighted by Gasteiger charge is 2.56. The van der Waals surface area contributed by atoms with E-state index in [2.05, 4.69) is 58.5 Å². The molecule has 1 unspecified atom stereocenters. The van der Waals surface area contributed by atoms with Crippen LogP contribution in [0.3, 0.4) is 0 Å². The molecule has 0 spiro atoms. The van der Waals surface area contributed by atoms with E-state index in [0.717, 1.165) is 22.3 Å². The van der Waals surface area contributed by atoms with Crippen LogP contribution in [0.5, 0.6) is 0 Å². The van der Waals surface area contributed by atoms with Gasteiger partial charge in [0.1, 0.15) is 25.2 Å². The number of hydrogen-bond donors (Lipinski definition) is 2. The Hall–Kier alpha value is -5.01. The average Bonchev–Trinajstić information content (AvgIpc) is 3.86. The molecule has 4 aromatic carbocycles. The van der Waals surface area contributed by atoms with Crippen LogP contribution in [0.25, 0.3) is 0 Å². The maximum absolute atomic E-state index is 13.9. The summed E-state index contributed by atoms with van der Waals surface area (Å²) in [5, 5.41) is 5.61. The summed E-state index contributed by atoms with van der Waals surface area (Å²) >= 11 is 0. The second-order valence-corrected chi connectivity index (χ2v) is 10.4. The van der Waals surface area contributed by atoms with Gasteiger partial charge in [0.15, 0.2) is 0 Å². The smallest absolute Gasteiger partial charge is 0.325 e. The van der Waals surface area contributed by atoms with Gasteiger partial charge in [0, 0.05) is 13.0 Å². The first-order valence-corrected chi connectivity index (χ1v) is 14.4. The summed E-state index contributed by atoms with van der Waals surface area (Å²) in [5.41, 5.74) is 3.28. The minimum atomic E-state index is -0.885. The number of carbonyl (C=O) groups is 3. The molecule has 5 rings (SSSR count). The predicted octanol–water partition coefficient (Wildman–Crippen LogP) is 4.24. The molecule has 43 heavy (non-hydrogen) atoms. The topological polar surface area (TPSA) is 87.5 Å². The van der Waals surface area contributed by atoms with Crippen LogP contribution in [-0.2, 0) is 31.1 Å². The zero-order valence-corrected chi connectivity index (χ0v) is 23.9. The monoisotopic (exact) mass is 573 g/mol. The Bertz CT molecular complexity index is 1430. The van der Waals surface area contributed by atoms with E-state index in [9.17, 15) is 14.4 Å². The molecule has 1 heterocycles. The molecule has 1 saturated heterocycles. The van der Waals surface area contributed by atoms with E-state index in [1.54, 1.807) is 0 Å². The molecule has 7 nitrogen and oxygen atoms in total. The number of rotatable bonds is 13. The van der Waals surface area contributed by atoms with Crippen molar-refractivity contribution in [2.24, 2.45) is 0 Å². The third kappa shape index (κ3) is 6.74. The molecule has 0 radical (unpaired) electrons. The maximum Gasteiger partial charge on any atom is 0.325 e. The summed E-state index contributed by atoms with van der Waals surface area (Å²) in [4.78, 5) is 41.4. The number of ether oxygens (including phenoxy) is 1. The van der Waals surface area contributed by atoms with Crippen LogP contribution >= 0.6 is 0 Å². The first-order chi connectivity index (χ1) is 21.0.